The molecule has 4 heteroatoms. The molecule has 0 saturated heterocycles. The van der Waals surface area contributed by atoms with E-state index in [9.17, 15) is 4.79 Å². The minimum atomic E-state index is -0.381. The number of nitrogens with two attached hydrogens (primary N) is 1. The standard InChI is InChI=1S/C17H18BrNO2/c1-10-6-11(2)15(12(3)7-10)9-21-17(20)14-8-13(19)4-5-16(14)18/h4-8H,9,19H2,1-3H3. The van der Waals surface area contributed by atoms with Crippen molar-refractivity contribution in [3.05, 3.63) is 62.6 Å². The van der Waals surface area contributed by atoms with Gasteiger partial charge in [-0.1, -0.05) is 17.7 Å². The van der Waals surface area contributed by atoms with E-state index in [0.29, 0.717) is 15.7 Å². The second kappa shape index (κ2) is 6.31. The van der Waals surface area contributed by atoms with Crippen molar-refractivity contribution in [1.29, 1.82) is 0 Å². The Kier molecular flexibility index (Phi) is 4.68. The van der Waals surface area contributed by atoms with E-state index >= 15 is 0 Å². The molecular weight excluding hydrogens is 330 g/mol. The van der Waals surface area contributed by atoms with Crippen LogP contribution >= 0.6 is 15.9 Å². The highest BCUT2D eigenvalue weighted by atomic mass is 79.9. The van der Waals surface area contributed by atoms with Gasteiger partial charge in [-0.2, -0.15) is 0 Å². The van der Waals surface area contributed by atoms with Gasteiger partial charge < -0.3 is 10.5 Å². The third-order valence-corrected chi connectivity index (χ3v) is 4.09. The fraction of sp³-hybridized carbons (Fsp3) is 0.235. The maximum atomic E-state index is 12.2. The summed E-state index contributed by atoms with van der Waals surface area (Å²) in [4.78, 5) is 12.2. The average Bonchev–Trinajstić information content (AvgIpc) is 2.40. The Morgan fingerprint density at radius 2 is 1.76 bits per heavy atom. The maximum Gasteiger partial charge on any atom is 0.339 e. The predicted octanol–water partition coefficient (Wildman–Crippen LogP) is 4.31. The van der Waals surface area contributed by atoms with Crippen LogP contribution in [0.15, 0.2) is 34.8 Å². The Bertz CT molecular complexity index is 672. The summed E-state index contributed by atoms with van der Waals surface area (Å²) in [7, 11) is 0. The Morgan fingerprint density at radius 1 is 1.14 bits per heavy atom. The number of hydrogen-bond donors (Lipinski definition) is 1. The molecule has 2 rings (SSSR count). The summed E-state index contributed by atoms with van der Waals surface area (Å²) in [5.74, 6) is -0.381. The van der Waals surface area contributed by atoms with Gasteiger partial charge in [-0.15, -0.1) is 0 Å². The number of anilines is 1. The molecule has 2 aromatic rings. The normalized spacial score (nSPS) is 10.5. The first-order chi connectivity index (χ1) is 9.88. The lowest BCUT2D eigenvalue weighted by Crippen LogP contribution is -2.08. The third kappa shape index (κ3) is 3.64. The highest BCUT2D eigenvalue weighted by Gasteiger charge is 2.13. The number of halogens is 1. The number of benzene rings is 2. The van der Waals surface area contributed by atoms with Crippen molar-refractivity contribution in [3.8, 4) is 0 Å². The largest absolute Gasteiger partial charge is 0.457 e. The van der Waals surface area contributed by atoms with E-state index in [4.69, 9.17) is 10.5 Å². The van der Waals surface area contributed by atoms with Gasteiger partial charge in [0.1, 0.15) is 6.61 Å². The van der Waals surface area contributed by atoms with Crippen molar-refractivity contribution in [2.24, 2.45) is 0 Å². The second-order valence-electron chi connectivity index (χ2n) is 5.19. The Hall–Kier alpha value is -1.81. The first-order valence-electron chi connectivity index (χ1n) is 6.67. The molecule has 0 aliphatic rings. The van der Waals surface area contributed by atoms with E-state index in [2.05, 4.69) is 35.0 Å². The number of carbonyl (C=O) groups is 1. The van der Waals surface area contributed by atoms with Gasteiger partial charge in [0.25, 0.3) is 0 Å². The number of nitrogen functional groups attached to an aromatic ring is 1. The SMILES string of the molecule is Cc1cc(C)c(COC(=O)c2cc(N)ccc2Br)c(C)c1. The molecule has 110 valence electrons. The predicted molar refractivity (Wildman–Crippen MR) is 88.3 cm³/mol. The minimum Gasteiger partial charge on any atom is -0.457 e. The topological polar surface area (TPSA) is 52.3 Å². The van der Waals surface area contributed by atoms with Crippen LogP contribution in [-0.4, -0.2) is 5.97 Å². The Labute approximate surface area is 133 Å². The molecule has 0 heterocycles. The Morgan fingerprint density at radius 3 is 2.38 bits per heavy atom. The van der Waals surface area contributed by atoms with Gasteiger partial charge >= 0.3 is 5.97 Å². The zero-order chi connectivity index (χ0) is 15.6. The van der Waals surface area contributed by atoms with Gasteiger partial charge in [-0.3, -0.25) is 0 Å². The molecule has 0 aromatic heterocycles. The maximum absolute atomic E-state index is 12.2. The molecule has 0 fully saturated rings. The molecule has 0 radical (unpaired) electrons. The van der Waals surface area contributed by atoms with E-state index in [1.165, 1.54) is 5.56 Å². The van der Waals surface area contributed by atoms with Crippen molar-refractivity contribution in [1.82, 2.24) is 0 Å². The highest BCUT2D eigenvalue weighted by molar-refractivity contribution is 9.10. The van der Waals surface area contributed by atoms with Gasteiger partial charge in [0.05, 0.1) is 5.56 Å². The monoisotopic (exact) mass is 347 g/mol. The van der Waals surface area contributed by atoms with Crippen LogP contribution in [0.1, 0.15) is 32.6 Å². The summed E-state index contributed by atoms with van der Waals surface area (Å²) in [5.41, 5.74) is 11.2. The second-order valence-corrected chi connectivity index (χ2v) is 6.05. The minimum absolute atomic E-state index is 0.262. The number of ether oxygens (including phenoxy) is 1. The molecule has 0 saturated carbocycles. The Balaban J connectivity index is 2.17. The van der Waals surface area contributed by atoms with E-state index in [1.807, 2.05) is 13.8 Å². The number of aryl methyl sites for hydroxylation is 3. The molecule has 0 spiro atoms. The molecule has 2 N–H and O–H groups in total. The van der Waals surface area contributed by atoms with E-state index in [-0.39, 0.29) is 12.6 Å². The average molecular weight is 348 g/mol. The van der Waals surface area contributed by atoms with E-state index in [1.54, 1.807) is 18.2 Å². The molecule has 0 unspecified atom stereocenters. The summed E-state index contributed by atoms with van der Waals surface area (Å²) >= 11 is 3.34. The number of carbonyl (C=O) groups excluding carboxylic acids is 1. The smallest absolute Gasteiger partial charge is 0.339 e. The number of hydrogen-bond acceptors (Lipinski definition) is 3. The molecular formula is C17H18BrNO2. The van der Waals surface area contributed by atoms with Crippen molar-refractivity contribution in [3.63, 3.8) is 0 Å². The number of esters is 1. The van der Waals surface area contributed by atoms with Gasteiger partial charge in [-0.25, -0.2) is 4.79 Å². The van der Waals surface area contributed by atoms with Crippen molar-refractivity contribution < 1.29 is 9.53 Å². The molecule has 2 aromatic carbocycles. The van der Waals surface area contributed by atoms with E-state index in [0.717, 1.165) is 16.7 Å². The molecule has 0 bridgehead atoms. The van der Waals surface area contributed by atoms with Crippen molar-refractivity contribution in [2.45, 2.75) is 27.4 Å². The third-order valence-electron chi connectivity index (χ3n) is 3.40. The first-order valence-corrected chi connectivity index (χ1v) is 7.46. The molecule has 21 heavy (non-hydrogen) atoms. The molecule has 0 aliphatic carbocycles. The zero-order valence-corrected chi connectivity index (χ0v) is 14.0. The van der Waals surface area contributed by atoms with E-state index < -0.39 is 0 Å². The van der Waals surface area contributed by atoms with Crippen LogP contribution in [0.2, 0.25) is 0 Å². The quantitative estimate of drug-likeness (QED) is 0.664. The van der Waals surface area contributed by atoms with Crippen LogP contribution in [0.3, 0.4) is 0 Å². The summed E-state index contributed by atoms with van der Waals surface area (Å²) in [5, 5.41) is 0. The lowest BCUT2D eigenvalue weighted by molar-refractivity contribution is 0.0470. The molecule has 0 atom stereocenters. The highest BCUT2D eigenvalue weighted by Crippen LogP contribution is 2.22. The van der Waals surface area contributed by atoms with Gasteiger partial charge in [0, 0.05) is 10.2 Å². The van der Waals surface area contributed by atoms with Crippen LogP contribution in [0.5, 0.6) is 0 Å². The summed E-state index contributed by atoms with van der Waals surface area (Å²) < 4.78 is 6.11. The van der Waals surface area contributed by atoms with Gasteiger partial charge in [0.2, 0.25) is 0 Å². The molecule has 0 aliphatic heterocycles. The number of rotatable bonds is 3. The summed E-state index contributed by atoms with van der Waals surface area (Å²) in [6, 6.07) is 9.27. The van der Waals surface area contributed by atoms with Crippen molar-refractivity contribution >= 4 is 27.6 Å². The van der Waals surface area contributed by atoms with Gasteiger partial charge in [0.15, 0.2) is 0 Å². The molecule has 0 amide bonds. The zero-order valence-electron chi connectivity index (χ0n) is 12.4. The van der Waals surface area contributed by atoms with Crippen LogP contribution < -0.4 is 5.73 Å². The lowest BCUT2D eigenvalue weighted by Gasteiger charge is -2.12. The van der Waals surface area contributed by atoms with Crippen LogP contribution in [0.4, 0.5) is 5.69 Å². The molecule has 3 nitrogen and oxygen atoms in total. The fourth-order valence-electron chi connectivity index (χ4n) is 2.35. The summed E-state index contributed by atoms with van der Waals surface area (Å²) in [6.45, 7) is 6.37. The summed E-state index contributed by atoms with van der Waals surface area (Å²) in [6.07, 6.45) is 0. The first kappa shape index (κ1) is 15.6. The van der Waals surface area contributed by atoms with Gasteiger partial charge in [-0.05, 0) is 71.6 Å². The van der Waals surface area contributed by atoms with Crippen LogP contribution in [0.25, 0.3) is 0 Å². The van der Waals surface area contributed by atoms with Crippen LogP contribution in [-0.2, 0) is 11.3 Å². The van der Waals surface area contributed by atoms with Crippen molar-refractivity contribution in [2.75, 3.05) is 5.73 Å². The fourth-order valence-corrected chi connectivity index (χ4v) is 2.76. The lowest BCUT2D eigenvalue weighted by atomic mass is 10.0. The van der Waals surface area contributed by atoms with Crippen LogP contribution in [0, 0.1) is 20.8 Å².